The molecule has 0 radical (unpaired) electrons. The molecule has 4 nitrogen and oxygen atoms in total. The number of amides is 2. The van der Waals surface area contributed by atoms with Crippen molar-refractivity contribution in [3.05, 3.63) is 64.9 Å². The molecule has 2 aliphatic rings. The summed E-state index contributed by atoms with van der Waals surface area (Å²) in [4.78, 5) is 14.9. The Morgan fingerprint density at radius 3 is 2.41 bits per heavy atom. The zero-order valence-electron chi connectivity index (χ0n) is 15.0. The van der Waals surface area contributed by atoms with Crippen molar-refractivity contribution in [1.29, 1.82) is 0 Å². The molecular weight excluding hydrogens is 365 g/mol. The fourth-order valence-electron chi connectivity index (χ4n) is 4.36. The molecule has 4 rings (SSSR count). The second-order valence-electron chi connectivity index (χ2n) is 7.43. The first-order chi connectivity index (χ1) is 13.1. The van der Waals surface area contributed by atoms with Gasteiger partial charge in [0.05, 0.1) is 10.7 Å². The van der Waals surface area contributed by atoms with Crippen LogP contribution in [0.3, 0.4) is 0 Å². The third kappa shape index (κ3) is 4.25. The van der Waals surface area contributed by atoms with Gasteiger partial charge in [-0.25, -0.2) is 9.18 Å². The van der Waals surface area contributed by atoms with Crippen LogP contribution in [-0.2, 0) is 6.54 Å². The fourth-order valence-corrected chi connectivity index (χ4v) is 4.54. The molecule has 0 aliphatic carbocycles. The number of carbonyl (C=O) groups is 1. The molecule has 2 fully saturated rings. The number of halogens is 2. The number of piperidine rings is 1. The minimum Gasteiger partial charge on any atom is -0.335 e. The maximum Gasteiger partial charge on any atom is 0.319 e. The van der Waals surface area contributed by atoms with E-state index in [1.165, 1.54) is 12.1 Å². The zero-order chi connectivity index (χ0) is 18.8. The van der Waals surface area contributed by atoms with Crippen molar-refractivity contribution in [2.75, 3.05) is 5.32 Å². The summed E-state index contributed by atoms with van der Waals surface area (Å²) in [7, 11) is 0. The third-order valence-corrected chi connectivity index (χ3v) is 5.95. The Labute approximate surface area is 163 Å². The lowest BCUT2D eigenvalue weighted by atomic mass is 9.96. The van der Waals surface area contributed by atoms with Crippen LogP contribution in [-0.4, -0.2) is 29.1 Å². The summed E-state index contributed by atoms with van der Waals surface area (Å²) in [6.45, 7) is 0.841. The number of carbonyl (C=O) groups excluding carboxylic acids is 1. The monoisotopic (exact) mass is 387 g/mol. The van der Waals surface area contributed by atoms with Gasteiger partial charge in [-0.1, -0.05) is 35.9 Å². The average molecular weight is 388 g/mol. The van der Waals surface area contributed by atoms with E-state index in [-0.39, 0.29) is 17.9 Å². The Hall–Kier alpha value is -2.11. The molecule has 2 N–H and O–H groups in total. The second-order valence-corrected chi connectivity index (χ2v) is 7.84. The van der Waals surface area contributed by atoms with Crippen molar-refractivity contribution in [3.8, 4) is 0 Å². The number of nitrogens with zero attached hydrogens (tertiary/aromatic N) is 1. The molecule has 2 bridgehead atoms. The molecular formula is C21H23ClFN3O. The van der Waals surface area contributed by atoms with E-state index < -0.39 is 0 Å². The van der Waals surface area contributed by atoms with Gasteiger partial charge >= 0.3 is 6.03 Å². The van der Waals surface area contributed by atoms with E-state index in [9.17, 15) is 9.18 Å². The topological polar surface area (TPSA) is 44.4 Å². The van der Waals surface area contributed by atoms with Crippen LogP contribution in [0.4, 0.5) is 14.9 Å². The minimum atomic E-state index is -0.209. The lowest BCUT2D eigenvalue weighted by molar-refractivity contribution is 0.112. The first-order valence-electron chi connectivity index (χ1n) is 9.41. The average Bonchev–Trinajstić information content (AvgIpc) is 2.87. The molecule has 2 aliphatic heterocycles. The molecule has 0 saturated carbocycles. The Morgan fingerprint density at radius 1 is 1.07 bits per heavy atom. The van der Waals surface area contributed by atoms with E-state index in [0.717, 1.165) is 37.8 Å². The summed E-state index contributed by atoms with van der Waals surface area (Å²) >= 11 is 6.10. The number of fused-ring (bicyclic) bond motifs is 2. The number of nitrogens with one attached hydrogen (secondary N) is 2. The summed E-state index contributed by atoms with van der Waals surface area (Å²) in [5.74, 6) is -0.200. The molecule has 142 valence electrons. The van der Waals surface area contributed by atoms with E-state index in [2.05, 4.69) is 15.5 Å². The molecule has 2 aromatic rings. The van der Waals surface area contributed by atoms with E-state index in [0.29, 0.717) is 22.8 Å². The second kappa shape index (κ2) is 7.87. The highest BCUT2D eigenvalue weighted by molar-refractivity contribution is 6.33. The first-order valence-corrected chi connectivity index (χ1v) is 9.78. The Bertz CT molecular complexity index is 799. The van der Waals surface area contributed by atoms with Crippen LogP contribution in [0.1, 0.15) is 31.2 Å². The van der Waals surface area contributed by atoms with E-state index >= 15 is 0 Å². The number of para-hydroxylation sites is 1. The van der Waals surface area contributed by atoms with Gasteiger partial charge in [-0.2, -0.15) is 0 Å². The number of hydrogen-bond acceptors (Lipinski definition) is 2. The van der Waals surface area contributed by atoms with E-state index in [1.54, 1.807) is 12.1 Å². The molecule has 2 aromatic carbocycles. The van der Waals surface area contributed by atoms with Gasteiger partial charge in [-0.05, 0) is 55.5 Å². The number of benzene rings is 2. The fraction of sp³-hybridized carbons (Fsp3) is 0.381. The van der Waals surface area contributed by atoms with Crippen LogP contribution in [0.25, 0.3) is 0 Å². The maximum absolute atomic E-state index is 13.1. The molecule has 0 spiro atoms. The maximum atomic E-state index is 13.1. The first kappa shape index (κ1) is 18.3. The van der Waals surface area contributed by atoms with Crippen LogP contribution in [0.15, 0.2) is 48.5 Å². The van der Waals surface area contributed by atoms with Crippen molar-refractivity contribution in [1.82, 2.24) is 10.2 Å². The minimum absolute atomic E-state index is 0.162. The van der Waals surface area contributed by atoms with E-state index in [1.807, 2.05) is 24.3 Å². The predicted molar refractivity (Wildman–Crippen MR) is 105 cm³/mol. The largest absolute Gasteiger partial charge is 0.335 e. The van der Waals surface area contributed by atoms with Crippen LogP contribution < -0.4 is 10.6 Å². The summed E-state index contributed by atoms with van der Waals surface area (Å²) in [6.07, 6.45) is 4.17. The standard InChI is InChI=1S/C21H23ClFN3O/c22-19-3-1-2-4-20(19)25-21(27)24-16-11-17-9-10-18(12-16)26(17)13-14-5-7-15(23)8-6-14/h1-8,16-18H,9-13H2,(H2,24,25,27)/t17-,18-/m1/s1. The molecule has 27 heavy (non-hydrogen) atoms. The van der Waals surface area contributed by atoms with Gasteiger partial charge in [-0.15, -0.1) is 0 Å². The van der Waals surface area contributed by atoms with Gasteiger partial charge in [0.1, 0.15) is 5.82 Å². The van der Waals surface area contributed by atoms with Gasteiger partial charge < -0.3 is 10.6 Å². The lowest BCUT2D eigenvalue weighted by Gasteiger charge is -2.39. The van der Waals surface area contributed by atoms with Crippen molar-refractivity contribution < 1.29 is 9.18 Å². The Kier molecular flexibility index (Phi) is 5.32. The summed E-state index contributed by atoms with van der Waals surface area (Å²) in [5.41, 5.74) is 1.75. The van der Waals surface area contributed by atoms with Crippen molar-refractivity contribution in [2.24, 2.45) is 0 Å². The molecule has 2 saturated heterocycles. The summed E-state index contributed by atoms with van der Waals surface area (Å²) in [5, 5.41) is 6.46. The van der Waals surface area contributed by atoms with Gasteiger partial charge in [0.2, 0.25) is 0 Å². The lowest BCUT2D eigenvalue weighted by Crippen LogP contribution is -2.50. The quantitative estimate of drug-likeness (QED) is 0.791. The highest BCUT2D eigenvalue weighted by atomic mass is 35.5. The predicted octanol–water partition coefficient (Wildman–Crippen LogP) is 4.80. The molecule has 2 atom stereocenters. The van der Waals surface area contributed by atoms with Crippen LogP contribution in [0.2, 0.25) is 5.02 Å². The molecule has 0 aromatic heterocycles. The van der Waals surface area contributed by atoms with Crippen LogP contribution in [0, 0.1) is 5.82 Å². The van der Waals surface area contributed by atoms with Gasteiger partial charge in [-0.3, -0.25) is 4.90 Å². The van der Waals surface area contributed by atoms with Gasteiger partial charge in [0.25, 0.3) is 0 Å². The highest BCUT2D eigenvalue weighted by Crippen LogP contribution is 2.37. The molecule has 2 amide bonds. The molecule has 2 heterocycles. The Balaban J connectivity index is 1.33. The number of anilines is 1. The number of hydrogen-bond donors (Lipinski definition) is 2. The summed E-state index contributed by atoms with van der Waals surface area (Å²) < 4.78 is 13.1. The van der Waals surface area contributed by atoms with Crippen LogP contribution in [0.5, 0.6) is 0 Å². The van der Waals surface area contributed by atoms with Gasteiger partial charge in [0.15, 0.2) is 0 Å². The van der Waals surface area contributed by atoms with Crippen LogP contribution >= 0.6 is 11.6 Å². The highest BCUT2D eigenvalue weighted by Gasteiger charge is 2.40. The van der Waals surface area contributed by atoms with Crippen molar-refractivity contribution in [2.45, 2.75) is 50.4 Å². The normalized spacial score (nSPS) is 24.6. The SMILES string of the molecule is O=C(Nc1ccccc1Cl)NC1C[C@H]2CC[C@H](C1)N2Cc1ccc(F)cc1. The Morgan fingerprint density at radius 2 is 1.74 bits per heavy atom. The number of rotatable bonds is 4. The van der Waals surface area contributed by atoms with Gasteiger partial charge in [0, 0.05) is 24.7 Å². The molecule has 6 heteroatoms. The number of urea groups is 1. The third-order valence-electron chi connectivity index (χ3n) is 5.62. The smallest absolute Gasteiger partial charge is 0.319 e. The molecule has 0 unspecified atom stereocenters. The zero-order valence-corrected chi connectivity index (χ0v) is 15.8. The summed E-state index contributed by atoms with van der Waals surface area (Å²) in [6, 6.07) is 14.8. The van der Waals surface area contributed by atoms with Crippen molar-refractivity contribution >= 4 is 23.3 Å². The van der Waals surface area contributed by atoms with E-state index in [4.69, 9.17) is 11.6 Å². The van der Waals surface area contributed by atoms with Crippen molar-refractivity contribution in [3.63, 3.8) is 0 Å².